The number of β-amino-alcohol motifs (C(OH)–C–C–N with tert-alkyl or cyclic N) is 1. The smallest absolute Gasteiger partial charge is 0.226 e. The lowest BCUT2D eigenvalue weighted by atomic mass is 9.68. The number of hydrogen-bond donors (Lipinski definition) is 2. The number of piperidine rings is 1. The molecule has 2 fully saturated rings. The Morgan fingerprint density at radius 1 is 1.26 bits per heavy atom. The summed E-state index contributed by atoms with van der Waals surface area (Å²) in [5.41, 5.74) is -0.543. The highest BCUT2D eigenvalue weighted by Gasteiger charge is 2.42. The van der Waals surface area contributed by atoms with E-state index < -0.39 is 5.60 Å². The van der Waals surface area contributed by atoms with Crippen LogP contribution in [-0.2, 0) is 4.79 Å². The summed E-state index contributed by atoms with van der Waals surface area (Å²) in [4.78, 5) is 14.5. The molecule has 0 aromatic heterocycles. The van der Waals surface area contributed by atoms with Crippen LogP contribution in [0.3, 0.4) is 0 Å². The number of nitrogens with one attached hydrogen (secondary N) is 1. The Morgan fingerprint density at radius 3 is 2.39 bits per heavy atom. The van der Waals surface area contributed by atoms with Crippen molar-refractivity contribution in [1.29, 1.82) is 0 Å². The van der Waals surface area contributed by atoms with Gasteiger partial charge in [-0.15, -0.1) is 0 Å². The fourth-order valence-corrected chi connectivity index (χ4v) is 4.56. The summed E-state index contributed by atoms with van der Waals surface area (Å²) in [5, 5.41) is 13.8. The Kier molecular flexibility index (Phi) is 5.47. The van der Waals surface area contributed by atoms with Gasteiger partial charge < -0.3 is 10.4 Å². The quantitative estimate of drug-likeness (QED) is 0.839. The molecule has 134 valence electrons. The highest BCUT2D eigenvalue weighted by Crippen LogP contribution is 2.42. The summed E-state index contributed by atoms with van der Waals surface area (Å²) in [5.74, 6) is 0.839. The first-order chi connectivity index (χ1) is 10.6. The maximum Gasteiger partial charge on any atom is 0.226 e. The van der Waals surface area contributed by atoms with E-state index in [0.29, 0.717) is 11.3 Å². The fourth-order valence-electron chi connectivity index (χ4n) is 4.56. The van der Waals surface area contributed by atoms with Crippen LogP contribution in [0.15, 0.2) is 0 Å². The molecule has 0 radical (unpaired) electrons. The van der Waals surface area contributed by atoms with Crippen molar-refractivity contribution in [2.24, 2.45) is 16.7 Å². The van der Waals surface area contributed by atoms with Crippen LogP contribution >= 0.6 is 0 Å². The topological polar surface area (TPSA) is 52.6 Å². The molecule has 2 aliphatic rings. The van der Waals surface area contributed by atoms with Crippen molar-refractivity contribution in [3.8, 4) is 0 Å². The van der Waals surface area contributed by atoms with Crippen LogP contribution in [0.2, 0.25) is 0 Å². The van der Waals surface area contributed by atoms with Gasteiger partial charge in [0.15, 0.2) is 0 Å². The lowest BCUT2D eigenvalue weighted by molar-refractivity contribution is -0.134. The van der Waals surface area contributed by atoms with Crippen molar-refractivity contribution >= 4 is 5.91 Å². The second-order valence-electron chi connectivity index (χ2n) is 9.32. The third kappa shape index (κ3) is 4.48. The molecule has 2 N–H and O–H groups in total. The lowest BCUT2D eigenvalue weighted by Crippen LogP contribution is -2.54. The van der Waals surface area contributed by atoms with Gasteiger partial charge in [0, 0.05) is 20.1 Å². The molecule has 4 nitrogen and oxygen atoms in total. The molecular weight excluding hydrogens is 288 g/mol. The molecule has 0 bridgehead atoms. The normalized spacial score (nSPS) is 36.7. The van der Waals surface area contributed by atoms with Gasteiger partial charge in [-0.2, -0.15) is 0 Å². The monoisotopic (exact) mass is 324 g/mol. The van der Waals surface area contributed by atoms with Gasteiger partial charge in [0.1, 0.15) is 0 Å². The van der Waals surface area contributed by atoms with Crippen LogP contribution in [0, 0.1) is 16.7 Å². The van der Waals surface area contributed by atoms with E-state index in [9.17, 15) is 9.90 Å². The largest absolute Gasteiger partial charge is 0.389 e. The Labute approximate surface area is 142 Å². The first-order valence-corrected chi connectivity index (χ1v) is 9.25. The van der Waals surface area contributed by atoms with Gasteiger partial charge in [-0.1, -0.05) is 20.8 Å². The number of hydrogen-bond acceptors (Lipinski definition) is 3. The minimum absolute atomic E-state index is 0.130. The first-order valence-electron chi connectivity index (χ1n) is 9.25. The van der Waals surface area contributed by atoms with E-state index in [2.05, 4.69) is 37.9 Å². The fraction of sp³-hybridized carbons (Fsp3) is 0.947. The second-order valence-corrected chi connectivity index (χ2v) is 9.32. The summed E-state index contributed by atoms with van der Waals surface area (Å²) < 4.78 is 0. The maximum atomic E-state index is 12.2. The van der Waals surface area contributed by atoms with E-state index >= 15 is 0 Å². The third-order valence-corrected chi connectivity index (χ3v) is 6.21. The maximum absolute atomic E-state index is 12.2. The van der Waals surface area contributed by atoms with E-state index in [1.807, 2.05) is 0 Å². The van der Waals surface area contributed by atoms with Crippen LogP contribution < -0.4 is 5.32 Å². The molecule has 1 saturated heterocycles. The third-order valence-electron chi connectivity index (χ3n) is 6.21. The van der Waals surface area contributed by atoms with E-state index in [4.69, 9.17) is 0 Å². The highest BCUT2D eigenvalue weighted by molar-refractivity contribution is 5.82. The molecule has 1 heterocycles. The Balaban J connectivity index is 1.93. The molecule has 1 aliphatic carbocycles. The molecule has 0 aromatic rings. The van der Waals surface area contributed by atoms with Crippen LogP contribution in [-0.4, -0.2) is 48.2 Å². The van der Waals surface area contributed by atoms with Gasteiger partial charge in [-0.25, -0.2) is 0 Å². The van der Waals surface area contributed by atoms with Gasteiger partial charge in [-0.05, 0) is 63.3 Å². The molecule has 1 saturated carbocycles. The van der Waals surface area contributed by atoms with Gasteiger partial charge in [-0.3, -0.25) is 9.69 Å². The van der Waals surface area contributed by atoms with Crippen molar-refractivity contribution in [2.75, 3.05) is 26.7 Å². The molecule has 1 atom stereocenters. The van der Waals surface area contributed by atoms with Crippen LogP contribution in [0.1, 0.15) is 66.2 Å². The number of amides is 1. The Morgan fingerprint density at radius 2 is 1.87 bits per heavy atom. The number of aliphatic hydroxyl groups is 1. The van der Waals surface area contributed by atoms with Crippen molar-refractivity contribution in [2.45, 2.75) is 71.8 Å². The van der Waals surface area contributed by atoms with Crippen molar-refractivity contribution in [3.05, 3.63) is 0 Å². The number of carbonyl (C=O) groups is 1. The SMILES string of the molecule is CNC(=O)C1(C)CCCN(CC2(O)CCC(C(C)(C)C)CC2)C1. The summed E-state index contributed by atoms with van der Waals surface area (Å²) in [7, 11) is 1.72. The molecule has 0 aromatic carbocycles. The van der Waals surface area contributed by atoms with Crippen LogP contribution in [0.5, 0.6) is 0 Å². The summed E-state index contributed by atoms with van der Waals surface area (Å²) >= 11 is 0. The number of nitrogens with zero attached hydrogens (tertiary/aromatic N) is 1. The van der Waals surface area contributed by atoms with Gasteiger partial charge in [0.2, 0.25) is 5.91 Å². The second kappa shape index (κ2) is 6.72. The summed E-state index contributed by atoms with van der Waals surface area (Å²) in [6.45, 7) is 11.5. The molecule has 1 amide bonds. The van der Waals surface area contributed by atoms with E-state index in [1.165, 1.54) is 0 Å². The Hall–Kier alpha value is -0.610. The minimum atomic E-state index is -0.567. The summed E-state index contributed by atoms with van der Waals surface area (Å²) in [6.07, 6.45) is 5.98. The average molecular weight is 325 g/mol. The van der Waals surface area contributed by atoms with E-state index in [0.717, 1.165) is 58.2 Å². The lowest BCUT2D eigenvalue weighted by Gasteiger charge is -2.46. The van der Waals surface area contributed by atoms with Gasteiger partial charge in [0.05, 0.1) is 11.0 Å². The number of carbonyl (C=O) groups excluding carboxylic acids is 1. The zero-order valence-corrected chi connectivity index (χ0v) is 15.7. The zero-order chi connectivity index (χ0) is 17.3. The molecule has 1 unspecified atom stereocenters. The molecular formula is C19H36N2O2. The first kappa shape index (κ1) is 18.7. The van der Waals surface area contributed by atoms with Crippen molar-refractivity contribution in [1.82, 2.24) is 10.2 Å². The minimum Gasteiger partial charge on any atom is -0.389 e. The van der Waals surface area contributed by atoms with Crippen LogP contribution in [0.25, 0.3) is 0 Å². The van der Waals surface area contributed by atoms with Crippen molar-refractivity contribution in [3.63, 3.8) is 0 Å². The molecule has 1 aliphatic heterocycles. The molecule has 4 heteroatoms. The Bertz CT molecular complexity index is 422. The predicted octanol–water partition coefficient (Wildman–Crippen LogP) is 2.80. The van der Waals surface area contributed by atoms with Gasteiger partial charge in [0.25, 0.3) is 0 Å². The van der Waals surface area contributed by atoms with Crippen LogP contribution in [0.4, 0.5) is 0 Å². The van der Waals surface area contributed by atoms with Crippen molar-refractivity contribution < 1.29 is 9.90 Å². The molecule has 23 heavy (non-hydrogen) atoms. The zero-order valence-electron chi connectivity index (χ0n) is 15.7. The molecule has 2 rings (SSSR count). The number of rotatable bonds is 3. The van der Waals surface area contributed by atoms with Gasteiger partial charge >= 0.3 is 0 Å². The van der Waals surface area contributed by atoms with E-state index in [1.54, 1.807) is 7.05 Å². The predicted molar refractivity (Wildman–Crippen MR) is 94.2 cm³/mol. The molecule has 0 spiro atoms. The highest BCUT2D eigenvalue weighted by atomic mass is 16.3. The summed E-state index contributed by atoms with van der Waals surface area (Å²) in [6, 6.07) is 0. The average Bonchev–Trinajstić information content (AvgIpc) is 2.45. The number of likely N-dealkylation sites (tertiary alicyclic amines) is 1. The van der Waals surface area contributed by atoms with E-state index in [-0.39, 0.29) is 11.3 Å². The standard InChI is InChI=1S/C19H36N2O2/c1-17(2,3)15-7-10-19(23,11-8-15)14-21-12-6-9-18(4,13-21)16(22)20-5/h15,23H,6-14H2,1-5H3,(H,20,22).